The van der Waals surface area contributed by atoms with Crippen molar-refractivity contribution in [3.05, 3.63) is 0 Å². The molecule has 110 valence electrons. The Labute approximate surface area is 114 Å². The minimum absolute atomic E-state index is 0.0174. The third-order valence-electron chi connectivity index (χ3n) is 4.09. The van der Waals surface area contributed by atoms with E-state index in [4.69, 9.17) is 14.6 Å². The number of nitrogens with one attached hydrogen (secondary N) is 1. The zero-order chi connectivity index (χ0) is 13.5. The van der Waals surface area contributed by atoms with Gasteiger partial charge in [0, 0.05) is 25.9 Å². The summed E-state index contributed by atoms with van der Waals surface area (Å²) in [6, 6.07) is 0.245. The zero-order valence-corrected chi connectivity index (χ0v) is 11.5. The fourth-order valence-electron chi connectivity index (χ4n) is 2.79. The highest BCUT2D eigenvalue weighted by Crippen LogP contribution is 2.25. The standard InChI is InChI=1S/C14H25NO4/c16-9-11-1-3-13(4-2-11)19-10-14(17)15-12-5-7-18-8-6-12/h11-13,16H,1-10H2,(H,15,17). The second-order valence-electron chi connectivity index (χ2n) is 5.59. The van der Waals surface area contributed by atoms with Gasteiger partial charge in [-0.3, -0.25) is 4.79 Å². The number of hydrogen-bond donors (Lipinski definition) is 2. The lowest BCUT2D eigenvalue weighted by molar-refractivity contribution is -0.130. The van der Waals surface area contributed by atoms with Crippen LogP contribution in [-0.4, -0.2) is 49.6 Å². The van der Waals surface area contributed by atoms with Crippen LogP contribution in [-0.2, 0) is 14.3 Å². The number of aliphatic hydroxyl groups is 1. The van der Waals surface area contributed by atoms with E-state index in [-0.39, 0.29) is 31.3 Å². The predicted octanol–water partition coefficient (Wildman–Crippen LogP) is 0.849. The van der Waals surface area contributed by atoms with E-state index in [1.165, 1.54) is 0 Å². The van der Waals surface area contributed by atoms with Crippen LogP contribution in [0.15, 0.2) is 0 Å². The Morgan fingerprint density at radius 3 is 2.47 bits per heavy atom. The molecule has 5 heteroatoms. The van der Waals surface area contributed by atoms with Crippen molar-refractivity contribution in [2.24, 2.45) is 5.92 Å². The zero-order valence-electron chi connectivity index (χ0n) is 11.5. The van der Waals surface area contributed by atoms with E-state index in [9.17, 15) is 4.79 Å². The van der Waals surface area contributed by atoms with Crippen LogP contribution in [0.25, 0.3) is 0 Å². The van der Waals surface area contributed by atoms with E-state index >= 15 is 0 Å². The Morgan fingerprint density at radius 1 is 1.16 bits per heavy atom. The molecule has 1 saturated heterocycles. The lowest BCUT2D eigenvalue weighted by Crippen LogP contribution is -2.41. The molecular formula is C14H25NO4. The van der Waals surface area contributed by atoms with Crippen molar-refractivity contribution >= 4 is 5.91 Å². The van der Waals surface area contributed by atoms with Crippen LogP contribution in [0.4, 0.5) is 0 Å². The number of ether oxygens (including phenoxy) is 2. The van der Waals surface area contributed by atoms with Gasteiger partial charge in [-0.05, 0) is 44.4 Å². The van der Waals surface area contributed by atoms with E-state index in [0.29, 0.717) is 5.92 Å². The maximum atomic E-state index is 11.8. The van der Waals surface area contributed by atoms with Crippen LogP contribution in [0.5, 0.6) is 0 Å². The van der Waals surface area contributed by atoms with Crippen molar-refractivity contribution in [3.8, 4) is 0 Å². The van der Waals surface area contributed by atoms with Gasteiger partial charge in [0.1, 0.15) is 6.61 Å². The van der Waals surface area contributed by atoms with Crippen molar-refractivity contribution in [3.63, 3.8) is 0 Å². The fourth-order valence-corrected chi connectivity index (χ4v) is 2.79. The van der Waals surface area contributed by atoms with Gasteiger partial charge in [0.15, 0.2) is 0 Å². The quantitative estimate of drug-likeness (QED) is 0.778. The molecule has 1 saturated carbocycles. The Bertz CT molecular complexity index is 271. The second-order valence-corrected chi connectivity index (χ2v) is 5.59. The number of amides is 1. The summed E-state index contributed by atoms with van der Waals surface area (Å²) in [5.74, 6) is 0.409. The molecule has 0 radical (unpaired) electrons. The molecular weight excluding hydrogens is 246 g/mol. The molecule has 1 heterocycles. The van der Waals surface area contributed by atoms with Crippen molar-refractivity contribution in [1.82, 2.24) is 5.32 Å². The number of aliphatic hydroxyl groups excluding tert-OH is 1. The summed E-state index contributed by atoms with van der Waals surface area (Å²) in [4.78, 5) is 11.8. The lowest BCUT2D eigenvalue weighted by Gasteiger charge is -2.28. The molecule has 0 bridgehead atoms. The van der Waals surface area contributed by atoms with Gasteiger partial charge in [-0.2, -0.15) is 0 Å². The van der Waals surface area contributed by atoms with E-state index in [1.807, 2.05) is 0 Å². The molecule has 0 atom stereocenters. The first-order valence-corrected chi connectivity index (χ1v) is 7.37. The van der Waals surface area contributed by atoms with Gasteiger partial charge in [0.2, 0.25) is 5.91 Å². The van der Waals surface area contributed by atoms with Gasteiger partial charge in [-0.25, -0.2) is 0 Å². The summed E-state index contributed by atoms with van der Waals surface area (Å²) in [5, 5.41) is 12.1. The van der Waals surface area contributed by atoms with Gasteiger partial charge in [0.05, 0.1) is 6.10 Å². The highest BCUT2D eigenvalue weighted by atomic mass is 16.5. The highest BCUT2D eigenvalue weighted by Gasteiger charge is 2.22. The number of carbonyl (C=O) groups is 1. The molecule has 0 aromatic heterocycles. The third kappa shape index (κ3) is 5.09. The van der Waals surface area contributed by atoms with E-state index in [0.717, 1.165) is 51.7 Å². The minimum atomic E-state index is -0.0174. The summed E-state index contributed by atoms with van der Waals surface area (Å²) < 4.78 is 10.9. The Hall–Kier alpha value is -0.650. The average molecular weight is 271 g/mol. The minimum Gasteiger partial charge on any atom is -0.396 e. The molecule has 1 amide bonds. The van der Waals surface area contributed by atoms with Crippen molar-refractivity contribution in [2.75, 3.05) is 26.4 Å². The number of hydrogen-bond acceptors (Lipinski definition) is 4. The summed E-state index contributed by atoms with van der Waals surface area (Å²) >= 11 is 0. The van der Waals surface area contributed by atoms with E-state index < -0.39 is 0 Å². The summed E-state index contributed by atoms with van der Waals surface area (Å²) in [6.45, 7) is 1.90. The number of rotatable bonds is 5. The molecule has 1 aliphatic carbocycles. The molecule has 2 aliphatic rings. The molecule has 1 aliphatic heterocycles. The van der Waals surface area contributed by atoms with E-state index in [2.05, 4.69) is 5.32 Å². The van der Waals surface area contributed by atoms with Gasteiger partial charge < -0.3 is 19.9 Å². The van der Waals surface area contributed by atoms with Crippen molar-refractivity contribution in [2.45, 2.75) is 50.7 Å². The van der Waals surface area contributed by atoms with Crippen molar-refractivity contribution in [1.29, 1.82) is 0 Å². The topological polar surface area (TPSA) is 67.8 Å². The van der Waals surface area contributed by atoms with E-state index in [1.54, 1.807) is 0 Å². The average Bonchev–Trinajstić information content (AvgIpc) is 2.47. The van der Waals surface area contributed by atoms with Crippen LogP contribution in [0.2, 0.25) is 0 Å². The van der Waals surface area contributed by atoms with Crippen molar-refractivity contribution < 1.29 is 19.4 Å². The molecule has 0 aromatic carbocycles. The summed E-state index contributed by atoms with van der Waals surface area (Å²) in [5.41, 5.74) is 0. The first kappa shape index (κ1) is 14.8. The molecule has 5 nitrogen and oxygen atoms in total. The SMILES string of the molecule is O=C(COC1CCC(CO)CC1)NC1CCOCC1. The monoisotopic (exact) mass is 271 g/mol. The largest absolute Gasteiger partial charge is 0.396 e. The smallest absolute Gasteiger partial charge is 0.246 e. The third-order valence-corrected chi connectivity index (χ3v) is 4.09. The molecule has 2 fully saturated rings. The molecule has 2 N–H and O–H groups in total. The summed E-state index contributed by atoms with van der Waals surface area (Å²) in [7, 11) is 0. The molecule has 0 aromatic rings. The second kappa shape index (κ2) is 7.82. The predicted molar refractivity (Wildman–Crippen MR) is 70.8 cm³/mol. The summed E-state index contributed by atoms with van der Waals surface area (Å²) in [6.07, 6.45) is 5.89. The molecule has 19 heavy (non-hydrogen) atoms. The Morgan fingerprint density at radius 2 is 1.84 bits per heavy atom. The van der Waals surface area contributed by atoms with Crippen LogP contribution < -0.4 is 5.32 Å². The molecule has 0 spiro atoms. The maximum absolute atomic E-state index is 11.8. The van der Waals surface area contributed by atoms with Crippen LogP contribution in [0, 0.1) is 5.92 Å². The normalized spacial score (nSPS) is 29.1. The first-order valence-electron chi connectivity index (χ1n) is 7.37. The van der Waals surface area contributed by atoms with Crippen LogP contribution in [0.3, 0.4) is 0 Å². The molecule has 0 unspecified atom stereocenters. The van der Waals surface area contributed by atoms with Gasteiger partial charge in [-0.15, -0.1) is 0 Å². The van der Waals surface area contributed by atoms with Crippen LogP contribution in [0.1, 0.15) is 38.5 Å². The maximum Gasteiger partial charge on any atom is 0.246 e. The highest BCUT2D eigenvalue weighted by molar-refractivity contribution is 5.77. The lowest BCUT2D eigenvalue weighted by atomic mass is 9.88. The Balaban J connectivity index is 1.58. The van der Waals surface area contributed by atoms with Gasteiger partial charge in [-0.1, -0.05) is 0 Å². The Kier molecular flexibility index (Phi) is 6.07. The molecule has 2 rings (SSSR count). The first-order chi connectivity index (χ1) is 9.28. The van der Waals surface area contributed by atoms with Crippen LogP contribution >= 0.6 is 0 Å². The fraction of sp³-hybridized carbons (Fsp3) is 0.929. The van der Waals surface area contributed by atoms with Gasteiger partial charge >= 0.3 is 0 Å². The van der Waals surface area contributed by atoms with Gasteiger partial charge in [0.25, 0.3) is 0 Å². The number of carbonyl (C=O) groups excluding carboxylic acids is 1.